The van der Waals surface area contributed by atoms with Crippen LogP contribution in [0.5, 0.6) is 0 Å². The van der Waals surface area contributed by atoms with Crippen LogP contribution in [0.1, 0.15) is 35.2 Å². The van der Waals surface area contributed by atoms with E-state index in [0.717, 1.165) is 24.2 Å². The molecule has 2 heterocycles. The van der Waals surface area contributed by atoms with Crippen molar-refractivity contribution in [2.75, 3.05) is 0 Å². The van der Waals surface area contributed by atoms with Crippen molar-refractivity contribution >= 4 is 32.4 Å². The van der Waals surface area contributed by atoms with Crippen LogP contribution in [0.25, 0.3) is 4.96 Å². The Labute approximate surface area is 153 Å². The second kappa shape index (κ2) is 6.32. The van der Waals surface area contributed by atoms with Crippen LogP contribution in [0.2, 0.25) is 0 Å². The summed E-state index contributed by atoms with van der Waals surface area (Å²) >= 11 is 1.31. The highest BCUT2D eigenvalue weighted by Crippen LogP contribution is 2.39. The normalized spacial score (nSPS) is 14.5. The number of hydrogen-bond acceptors (Lipinski definition) is 7. The van der Waals surface area contributed by atoms with E-state index in [1.54, 1.807) is 16.6 Å². The average Bonchev–Trinajstić information content (AvgIpc) is 3.22. The molecule has 2 aromatic heterocycles. The van der Waals surface area contributed by atoms with Gasteiger partial charge in [0.1, 0.15) is 5.01 Å². The summed E-state index contributed by atoms with van der Waals surface area (Å²) in [5, 5.41) is 15.7. The lowest BCUT2D eigenvalue weighted by molar-refractivity contribution is 0.245. The third-order valence-corrected chi connectivity index (χ3v) is 6.20. The number of amides is 2. The van der Waals surface area contributed by atoms with Crippen molar-refractivity contribution in [3.8, 4) is 0 Å². The third kappa shape index (κ3) is 3.40. The van der Waals surface area contributed by atoms with Gasteiger partial charge >= 0.3 is 6.03 Å². The number of aromatic nitrogens is 4. The van der Waals surface area contributed by atoms with Gasteiger partial charge in [-0.3, -0.25) is 0 Å². The standard InChI is InChI=1S/C15H16N6O3S2/c1-9-2-6-11(7-3-9)26(23,24)20-14(22)16-8-12-19-21-13(10-4-5-10)17-18-15(21)25-12/h2-3,6-7,10H,4-5,8H2,1H3,(H2,16,20,22). The molecule has 0 bridgehead atoms. The highest BCUT2D eigenvalue weighted by Gasteiger charge is 2.30. The van der Waals surface area contributed by atoms with Crippen molar-refractivity contribution in [1.29, 1.82) is 0 Å². The van der Waals surface area contributed by atoms with Crippen LogP contribution in [0, 0.1) is 6.92 Å². The van der Waals surface area contributed by atoms with E-state index in [-0.39, 0.29) is 11.4 Å². The van der Waals surface area contributed by atoms with Gasteiger partial charge in [0.25, 0.3) is 10.0 Å². The van der Waals surface area contributed by atoms with Crippen LogP contribution >= 0.6 is 11.3 Å². The second-order valence-corrected chi connectivity index (χ2v) is 8.85. The van der Waals surface area contributed by atoms with E-state index >= 15 is 0 Å². The van der Waals surface area contributed by atoms with Crippen LogP contribution in [0.4, 0.5) is 4.79 Å². The predicted octanol–water partition coefficient (Wildman–Crippen LogP) is 1.56. The Hall–Kier alpha value is -2.53. The Kier molecular flexibility index (Phi) is 4.11. The predicted molar refractivity (Wildman–Crippen MR) is 94.4 cm³/mol. The molecule has 26 heavy (non-hydrogen) atoms. The van der Waals surface area contributed by atoms with Crippen molar-refractivity contribution in [2.45, 2.75) is 37.1 Å². The number of aryl methyl sites for hydroxylation is 1. The molecule has 0 spiro atoms. The highest BCUT2D eigenvalue weighted by atomic mass is 32.2. The Morgan fingerprint density at radius 3 is 2.69 bits per heavy atom. The lowest BCUT2D eigenvalue weighted by Gasteiger charge is -2.07. The quantitative estimate of drug-likeness (QED) is 0.680. The van der Waals surface area contributed by atoms with Crippen molar-refractivity contribution < 1.29 is 13.2 Å². The largest absolute Gasteiger partial charge is 0.331 e. The molecule has 1 aliphatic rings. The molecule has 2 N–H and O–H groups in total. The van der Waals surface area contributed by atoms with Crippen molar-refractivity contribution in [1.82, 2.24) is 29.9 Å². The maximum Gasteiger partial charge on any atom is 0.329 e. The Balaban J connectivity index is 1.40. The lowest BCUT2D eigenvalue weighted by Crippen LogP contribution is -2.39. The van der Waals surface area contributed by atoms with Gasteiger partial charge in [-0.2, -0.15) is 9.61 Å². The first kappa shape index (κ1) is 16.9. The molecule has 3 aromatic rings. The molecule has 1 saturated carbocycles. The number of benzene rings is 1. The van der Waals surface area contributed by atoms with E-state index in [2.05, 4.69) is 20.6 Å². The van der Waals surface area contributed by atoms with Crippen molar-refractivity contribution in [3.05, 3.63) is 40.7 Å². The number of carbonyl (C=O) groups is 1. The van der Waals surface area contributed by atoms with Crippen molar-refractivity contribution in [2.24, 2.45) is 0 Å². The zero-order chi connectivity index (χ0) is 18.3. The van der Waals surface area contributed by atoms with Crippen LogP contribution in [-0.2, 0) is 16.6 Å². The van der Waals surface area contributed by atoms with Crippen LogP contribution in [-0.4, -0.2) is 34.3 Å². The fourth-order valence-corrected chi connectivity index (χ4v) is 4.14. The summed E-state index contributed by atoms with van der Waals surface area (Å²) in [6.45, 7) is 1.96. The summed E-state index contributed by atoms with van der Waals surface area (Å²) < 4.78 is 28.1. The summed E-state index contributed by atoms with van der Waals surface area (Å²) in [7, 11) is -3.91. The molecule has 2 amide bonds. The summed E-state index contributed by atoms with van der Waals surface area (Å²) in [4.78, 5) is 12.6. The number of nitrogens with one attached hydrogen (secondary N) is 2. The fraction of sp³-hybridized carbons (Fsp3) is 0.333. The maximum absolute atomic E-state index is 12.2. The zero-order valence-corrected chi connectivity index (χ0v) is 15.5. The third-order valence-electron chi connectivity index (χ3n) is 3.96. The average molecular weight is 392 g/mol. The summed E-state index contributed by atoms with van der Waals surface area (Å²) in [5.74, 6) is 1.25. The van der Waals surface area contributed by atoms with E-state index in [1.165, 1.54) is 23.5 Å². The summed E-state index contributed by atoms with van der Waals surface area (Å²) in [6.07, 6.45) is 2.18. The molecular formula is C15H16N6O3S2. The highest BCUT2D eigenvalue weighted by molar-refractivity contribution is 7.90. The van der Waals surface area contributed by atoms with Gasteiger partial charge in [0.15, 0.2) is 5.82 Å². The molecule has 11 heteroatoms. The number of rotatable bonds is 5. The van der Waals surface area contributed by atoms with Gasteiger partial charge in [0.05, 0.1) is 11.4 Å². The molecule has 0 atom stereocenters. The smallest absolute Gasteiger partial charge is 0.329 e. The molecule has 9 nitrogen and oxygen atoms in total. The van der Waals surface area contributed by atoms with Crippen LogP contribution in [0.3, 0.4) is 0 Å². The molecule has 0 unspecified atom stereocenters. The van der Waals surface area contributed by atoms with Gasteiger partial charge < -0.3 is 5.32 Å². The first-order valence-corrected chi connectivity index (χ1v) is 10.3. The van der Waals surface area contributed by atoms with Gasteiger partial charge in [-0.25, -0.2) is 17.9 Å². The van der Waals surface area contributed by atoms with E-state index in [1.807, 2.05) is 11.6 Å². The first-order valence-electron chi connectivity index (χ1n) is 8.01. The number of nitrogens with zero attached hydrogens (tertiary/aromatic N) is 4. The Morgan fingerprint density at radius 1 is 1.27 bits per heavy atom. The number of sulfonamides is 1. The number of urea groups is 1. The van der Waals surface area contributed by atoms with E-state index in [9.17, 15) is 13.2 Å². The SMILES string of the molecule is Cc1ccc(S(=O)(=O)NC(=O)NCc2nn3c(C4CC4)nnc3s2)cc1. The van der Waals surface area contributed by atoms with E-state index in [0.29, 0.717) is 15.9 Å². The van der Waals surface area contributed by atoms with E-state index < -0.39 is 16.1 Å². The molecule has 0 saturated heterocycles. The molecular weight excluding hydrogens is 376 g/mol. The maximum atomic E-state index is 12.2. The van der Waals surface area contributed by atoms with Gasteiger partial charge in [0, 0.05) is 5.92 Å². The molecule has 0 aliphatic heterocycles. The minimum atomic E-state index is -3.91. The second-order valence-electron chi connectivity index (χ2n) is 6.12. The zero-order valence-electron chi connectivity index (χ0n) is 13.8. The first-order chi connectivity index (χ1) is 12.4. The van der Waals surface area contributed by atoms with E-state index in [4.69, 9.17) is 0 Å². The molecule has 136 valence electrons. The van der Waals surface area contributed by atoms with Crippen LogP contribution in [0.15, 0.2) is 29.2 Å². The molecule has 0 radical (unpaired) electrons. The Morgan fingerprint density at radius 2 is 2.00 bits per heavy atom. The molecule has 1 aromatic carbocycles. The van der Waals surface area contributed by atoms with Crippen LogP contribution < -0.4 is 10.0 Å². The fourth-order valence-electron chi connectivity index (χ4n) is 2.43. The molecule has 1 fully saturated rings. The number of fused-ring (bicyclic) bond motifs is 1. The minimum Gasteiger partial charge on any atom is -0.331 e. The Bertz CT molecular complexity index is 1070. The number of carbonyl (C=O) groups excluding carboxylic acids is 1. The summed E-state index contributed by atoms with van der Waals surface area (Å²) in [5.41, 5.74) is 0.933. The topological polar surface area (TPSA) is 118 Å². The minimum absolute atomic E-state index is 0.0334. The van der Waals surface area contributed by atoms with Crippen molar-refractivity contribution in [3.63, 3.8) is 0 Å². The monoisotopic (exact) mass is 392 g/mol. The van der Waals surface area contributed by atoms with Gasteiger partial charge in [-0.1, -0.05) is 29.0 Å². The molecule has 1 aliphatic carbocycles. The van der Waals surface area contributed by atoms with Gasteiger partial charge in [0.2, 0.25) is 4.96 Å². The number of hydrogen-bond donors (Lipinski definition) is 2. The summed E-state index contributed by atoms with van der Waals surface area (Å²) in [6, 6.07) is 5.44. The lowest BCUT2D eigenvalue weighted by atomic mass is 10.2. The van der Waals surface area contributed by atoms with Gasteiger partial charge in [-0.05, 0) is 31.9 Å². The molecule has 4 rings (SSSR count). The van der Waals surface area contributed by atoms with Gasteiger partial charge in [-0.15, -0.1) is 10.2 Å².